The van der Waals surface area contributed by atoms with E-state index in [9.17, 15) is 14.7 Å². The Morgan fingerprint density at radius 2 is 1.62 bits per heavy atom. The molecule has 10 nitrogen and oxygen atoms in total. The molecule has 1 amide bonds. The van der Waals surface area contributed by atoms with E-state index in [0.29, 0.717) is 46.1 Å². The van der Waals surface area contributed by atoms with Crippen molar-refractivity contribution in [2.45, 2.75) is 19.9 Å². The third-order valence-corrected chi connectivity index (χ3v) is 7.05. The number of ether oxygens (including phenoxy) is 4. The van der Waals surface area contributed by atoms with Crippen molar-refractivity contribution < 1.29 is 38.1 Å². The molecule has 1 aliphatic heterocycles. The summed E-state index contributed by atoms with van der Waals surface area (Å²) in [7, 11) is 5.98. The Kier molecular flexibility index (Phi) is 8.35. The lowest BCUT2D eigenvalue weighted by Crippen LogP contribution is -2.38. The van der Waals surface area contributed by atoms with Crippen LogP contribution in [-0.2, 0) is 4.79 Å². The van der Waals surface area contributed by atoms with Gasteiger partial charge in [0, 0.05) is 18.5 Å². The maximum Gasteiger partial charge on any atom is 0.290 e. The standard InChI is InChI=1S/C29H34N2O8/c1-7-30(8-2)12-13-31-24(18-15-21(36-4)28(38-6)22(16-18)37-5)23(26(33)29(31)34)25(32)20-14-17-10-9-11-19(35-3)27(17)39-20/h9-11,14-16,24,33H,7-8,12-13H2,1-6H3/t24-/m1/s1. The summed E-state index contributed by atoms with van der Waals surface area (Å²) >= 11 is 0. The maximum absolute atomic E-state index is 14.0. The number of fused-ring (bicyclic) bond motifs is 1. The molecular formula is C29H34N2O8. The van der Waals surface area contributed by atoms with Crippen LogP contribution in [0.1, 0.15) is 36.0 Å². The quantitative estimate of drug-likeness (QED) is 0.336. The third-order valence-electron chi connectivity index (χ3n) is 7.05. The molecule has 39 heavy (non-hydrogen) atoms. The van der Waals surface area contributed by atoms with Gasteiger partial charge < -0.3 is 38.3 Å². The lowest BCUT2D eigenvalue weighted by atomic mass is 9.94. The Morgan fingerprint density at radius 1 is 0.974 bits per heavy atom. The molecule has 0 fully saturated rings. The van der Waals surface area contributed by atoms with Crippen LogP contribution in [-0.4, -0.2) is 81.2 Å². The van der Waals surface area contributed by atoms with Crippen LogP contribution >= 0.6 is 0 Å². The molecule has 0 saturated carbocycles. The van der Waals surface area contributed by atoms with E-state index in [1.807, 2.05) is 13.8 Å². The van der Waals surface area contributed by atoms with Gasteiger partial charge in [-0.1, -0.05) is 26.0 Å². The molecule has 1 aliphatic rings. The molecular weight excluding hydrogens is 504 g/mol. The summed E-state index contributed by atoms with van der Waals surface area (Å²) in [5, 5.41) is 11.8. The predicted molar refractivity (Wildman–Crippen MR) is 145 cm³/mol. The lowest BCUT2D eigenvalue weighted by molar-refractivity contribution is -0.129. The number of hydrogen-bond donors (Lipinski definition) is 1. The average Bonchev–Trinajstić information content (AvgIpc) is 3.51. The van der Waals surface area contributed by atoms with Crippen LogP contribution in [0.5, 0.6) is 23.0 Å². The second-order valence-corrected chi connectivity index (χ2v) is 8.97. The number of ketones is 1. The molecule has 1 aromatic heterocycles. The molecule has 0 unspecified atom stereocenters. The zero-order valence-electron chi connectivity index (χ0n) is 23.1. The van der Waals surface area contributed by atoms with Crippen molar-refractivity contribution in [1.82, 2.24) is 9.80 Å². The van der Waals surface area contributed by atoms with Crippen molar-refractivity contribution in [3.63, 3.8) is 0 Å². The number of carbonyl (C=O) groups excluding carboxylic acids is 2. The Morgan fingerprint density at radius 3 is 2.18 bits per heavy atom. The number of amides is 1. The molecule has 0 radical (unpaired) electrons. The van der Waals surface area contributed by atoms with Crippen molar-refractivity contribution in [2.75, 3.05) is 54.6 Å². The van der Waals surface area contributed by atoms with Gasteiger partial charge in [0.05, 0.1) is 40.1 Å². The normalized spacial score (nSPS) is 15.4. The number of methoxy groups -OCH3 is 4. The van der Waals surface area contributed by atoms with Gasteiger partial charge in [-0.3, -0.25) is 9.59 Å². The Labute approximate surface area is 227 Å². The highest BCUT2D eigenvalue weighted by atomic mass is 16.5. The topological polar surface area (TPSA) is 111 Å². The number of benzene rings is 2. The number of Topliss-reactive ketones (excluding diaryl/α,β-unsaturated/α-hetero) is 1. The number of aliphatic hydroxyl groups is 1. The summed E-state index contributed by atoms with van der Waals surface area (Å²) in [6.07, 6.45) is 0. The second kappa shape index (κ2) is 11.7. The highest BCUT2D eigenvalue weighted by Gasteiger charge is 2.45. The summed E-state index contributed by atoms with van der Waals surface area (Å²) in [6.45, 7) is 6.48. The summed E-state index contributed by atoms with van der Waals surface area (Å²) in [6, 6.07) is 9.31. The number of nitrogens with zero attached hydrogens (tertiary/aromatic N) is 2. The summed E-state index contributed by atoms with van der Waals surface area (Å²) in [5.41, 5.74) is 0.820. The first-order chi connectivity index (χ1) is 18.8. The van der Waals surface area contributed by atoms with E-state index in [-0.39, 0.29) is 17.9 Å². The van der Waals surface area contributed by atoms with Crippen LogP contribution in [0.3, 0.4) is 0 Å². The first-order valence-electron chi connectivity index (χ1n) is 12.7. The number of aliphatic hydroxyl groups excluding tert-OH is 1. The first kappa shape index (κ1) is 27.8. The molecule has 4 rings (SSSR count). The van der Waals surface area contributed by atoms with Gasteiger partial charge in [-0.25, -0.2) is 0 Å². The van der Waals surface area contributed by atoms with Gasteiger partial charge in [0.1, 0.15) is 0 Å². The van der Waals surface area contributed by atoms with Crippen LogP contribution in [0.4, 0.5) is 0 Å². The number of carbonyl (C=O) groups is 2. The smallest absolute Gasteiger partial charge is 0.290 e. The molecule has 2 aromatic carbocycles. The molecule has 0 bridgehead atoms. The molecule has 0 aliphatic carbocycles. The van der Waals surface area contributed by atoms with Crippen LogP contribution in [0.15, 0.2) is 52.1 Å². The minimum Gasteiger partial charge on any atom is -0.503 e. The van der Waals surface area contributed by atoms with Gasteiger partial charge >= 0.3 is 0 Å². The van der Waals surface area contributed by atoms with E-state index in [4.69, 9.17) is 23.4 Å². The van der Waals surface area contributed by atoms with Crippen LogP contribution in [0, 0.1) is 0 Å². The SMILES string of the molecule is CCN(CC)CCN1C(=O)C(O)=C(C(=O)c2cc3cccc(OC)c3o2)[C@H]1c1cc(OC)c(OC)c(OC)c1. The highest BCUT2D eigenvalue weighted by Crippen LogP contribution is 2.46. The minimum absolute atomic E-state index is 0.0214. The van der Waals surface area contributed by atoms with Crippen molar-refractivity contribution in [3.05, 3.63) is 59.1 Å². The number of rotatable bonds is 12. The first-order valence-corrected chi connectivity index (χ1v) is 12.7. The average molecular weight is 539 g/mol. The van der Waals surface area contributed by atoms with Crippen molar-refractivity contribution in [2.24, 2.45) is 0 Å². The fourth-order valence-electron chi connectivity index (χ4n) is 4.95. The number of para-hydroxylation sites is 1. The van der Waals surface area contributed by atoms with Gasteiger partial charge in [0.15, 0.2) is 34.4 Å². The third kappa shape index (κ3) is 4.99. The van der Waals surface area contributed by atoms with E-state index in [0.717, 1.165) is 13.1 Å². The Bertz CT molecular complexity index is 1380. The number of hydrogen-bond acceptors (Lipinski definition) is 9. The van der Waals surface area contributed by atoms with Gasteiger partial charge in [0.25, 0.3) is 5.91 Å². The number of furan rings is 1. The summed E-state index contributed by atoms with van der Waals surface area (Å²) in [4.78, 5) is 31.0. The van der Waals surface area contributed by atoms with E-state index in [2.05, 4.69) is 4.90 Å². The molecule has 10 heteroatoms. The number of likely N-dealkylation sites (N-methyl/N-ethyl adjacent to an activating group) is 1. The van der Waals surface area contributed by atoms with Crippen LogP contribution < -0.4 is 18.9 Å². The Hall–Kier alpha value is -4.18. The predicted octanol–water partition coefficient (Wildman–Crippen LogP) is 4.39. The lowest BCUT2D eigenvalue weighted by Gasteiger charge is -2.30. The molecule has 2 heterocycles. The zero-order chi connectivity index (χ0) is 28.3. The van der Waals surface area contributed by atoms with Crippen LogP contribution in [0.25, 0.3) is 11.0 Å². The summed E-state index contributed by atoms with van der Waals surface area (Å²) in [5.74, 6) is -0.342. The fraction of sp³-hybridized carbons (Fsp3) is 0.379. The molecule has 0 saturated heterocycles. The fourth-order valence-corrected chi connectivity index (χ4v) is 4.95. The molecule has 0 spiro atoms. The maximum atomic E-state index is 14.0. The molecule has 1 N–H and O–H groups in total. The molecule has 208 valence electrons. The van der Waals surface area contributed by atoms with Gasteiger partial charge in [0.2, 0.25) is 11.5 Å². The van der Waals surface area contributed by atoms with Crippen molar-refractivity contribution in [1.29, 1.82) is 0 Å². The largest absolute Gasteiger partial charge is 0.503 e. The summed E-state index contributed by atoms with van der Waals surface area (Å²) < 4.78 is 27.8. The van der Waals surface area contributed by atoms with Crippen molar-refractivity contribution >= 4 is 22.7 Å². The van der Waals surface area contributed by atoms with Gasteiger partial charge in [-0.2, -0.15) is 0 Å². The van der Waals surface area contributed by atoms with E-state index < -0.39 is 23.5 Å². The monoisotopic (exact) mass is 538 g/mol. The van der Waals surface area contributed by atoms with Crippen molar-refractivity contribution in [3.8, 4) is 23.0 Å². The Balaban J connectivity index is 1.86. The molecule has 1 atom stereocenters. The zero-order valence-corrected chi connectivity index (χ0v) is 23.1. The molecule has 3 aromatic rings. The van der Waals surface area contributed by atoms with E-state index in [1.165, 1.54) is 33.3 Å². The minimum atomic E-state index is -0.927. The van der Waals surface area contributed by atoms with Gasteiger partial charge in [-0.05, 0) is 42.9 Å². The van der Waals surface area contributed by atoms with E-state index in [1.54, 1.807) is 36.4 Å². The highest BCUT2D eigenvalue weighted by molar-refractivity contribution is 6.16. The van der Waals surface area contributed by atoms with Crippen LogP contribution in [0.2, 0.25) is 0 Å². The van der Waals surface area contributed by atoms with E-state index >= 15 is 0 Å². The second-order valence-electron chi connectivity index (χ2n) is 8.97. The van der Waals surface area contributed by atoms with Gasteiger partial charge in [-0.15, -0.1) is 0 Å².